The number of H-pyrrole nitrogens is 1. The van der Waals surface area contributed by atoms with E-state index in [2.05, 4.69) is 46.9 Å². The van der Waals surface area contributed by atoms with Crippen molar-refractivity contribution in [2.24, 2.45) is 0 Å². The molecule has 0 fully saturated rings. The largest absolute Gasteiger partial charge is 0.492 e. The second-order valence-corrected chi connectivity index (χ2v) is 7.11. The molecular weight excluding hydrogens is 390 g/mol. The predicted octanol–water partition coefficient (Wildman–Crippen LogP) is 4.74. The average molecular weight is 420 g/mol. The molecule has 0 unspecified atom stereocenters. The number of nitrogens with one attached hydrogen (secondary N) is 2. The third-order valence-corrected chi connectivity index (χ3v) is 4.88. The number of anilines is 1. The van der Waals surface area contributed by atoms with Gasteiger partial charge in [0.1, 0.15) is 5.75 Å². The molecule has 0 amide bonds. The zero-order chi connectivity index (χ0) is 22.2. The van der Waals surface area contributed by atoms with Crippen LogP contribution in [0.3, 0.4) is 0 Å². The van der Waals surface area contributed by atoms with Crippen molar-refractivity contribution in [3.63, 3.8) is 0 Å². The van der Waals surface area contributed by atoms with Gasteiger partial charge in [-0.3, -0.25) is 9.89 Å². The minimum atomic E-state index is -0.211. The SMILES string of the molecule is C=C/C=C(\C/C=C(/C)CC)c1nc2nc(CNc3ccccc3OCC)cc(=O)n2[nH]1. The van der Waals surface area contributed by atoms with Crippen molar-refractivity contribution < 1.29 is 4.74 Å². The highest BCUT2D eigenvalue weighted by Crippen LogP contribution is 2.24. The number of hydrogen-bond acceptors (Lipinski definition) is 5. The van der Waals surface area contributed by atoms with E-state index < -0.39 is 0 Å². The number of para-hydroxylation sites is 2. The number of rotatable bonds is 10. The molecular formula is C24H29N5O2. The number of aromatic nitrogens is 4. The molecule has 0 atom stereocenters. The van der Waals surface area contributed by atoms with Crippen LogP contribution >= 0.6 is 0 Å². The molecule has 3 aromatic rings. The molecule has 0 spiro atoms. The lowest BCUT2D eigenvalue weighted by atomic mass is 10.1. The van der Waals surface area contributed by atoms with E-state index in [1.807, 2.05) is 37.3 Å². The highest BCUT2D eigenvalue weighted by atomic mass is 16.5. The first-order valence-corrected chi connectivity index (χ1v) is 10.5. The van der Waals surface area contributed by atoms with Crippen molar-refractivity contribution in [3.05, 3.63) is 82.6 Å². The Kier molecular flexibility index (Phi) is 7.43. The maximum atomic E-state index is 12.6. The topological polar surface area (TPSA) is 84.3 Å². The second-order valence-electron chi connectivity index (χ2n) is 7.11. The van der Waals surface area contributed by atoms with Crippen LogP contribution in [0, 0.1) is 0 Å². The number of hydrogen-bond donors (Lipinski definition) is 2. The molecule has 162 valence electrons. The van der Waals surface area contributed by atoms with E-state index >= 15 is 0 Å². The lowest BCUT2D eigenvalue weighted by molar-refractivity contribution is 0.341. The molecule has 7 heteroatoms. The van der Waals surface area contributed by atoms with Gasteiger partial charge in [-0.1, -0.05) is 49.4 Å². The minimum absolute atomic E-state index is 0.211. The van der Waals surface area contributed by atoms with Gasteiger partial charge in [-0.05, 0) is 38.8 Å². The Balaban J connectivity index is 1.86. The number of allylic oxidation sites excluding steroid dienone is 5. The molecule has 0 saturated carbocycles. The van der Waals surface area contributed by atoms with Crippen molar-refractivity contribution in [1.82, 2.24) is 19.6 Å². The van der Waals surface area contributed by atoms with Crippen LogP contribution in [-0.2, 0) is 6.54 Å². The monoisotopic (exact) mass is 419 g/mol. The number of nitrogens with zero attached hydrogens (tertiary/aromatic N) is 3. The van der Waals surface area contributed by atoms with Crippen molar-refractivity contribution >= 4 is 17.0 Å². The third kappa shape index (κ3) is 5.51. The van der Waals surface area contributed by atoms with Crippen LogP contribution in [-0.4, -0.2) is 26.2 Å². The number of aromatic amines is 1. The van der Waals surface area contributed by atoms with Crippen molar-refractivity contribution in [2.75, 3.05) is 11.9 Å². The summed E-state index contributed by atoms with van der Waals surface area (Å²) in [5.41, 5.74) is 3.48. The first-order chi connectivity index (χ1) is 15.0. The molecule has 0 aliphatic carbocycles. The smallest absolute Gasteiger partial charge is 0.274 e. The van der Waals surface area contributed by atoms with Gasteiger partial charge in [-0.25, -0.2) is 4.98 Å². The Morgan fingerprint density at radius 2 is 2.10 bits per heavy atom. The van der Waals surface area contributed by atoms with E-state index in [4.69, 9.17) is 4.74 Å². The summed E-state index contributed by atoms with van der Waals surface area (Å²) in [5.74, 6) is 1.71. The predicted molar refractivity (Wildman–Crippen MR) is 125 cm³/mol. The first-order valence-electron chi connectivity index (χ1n) is 10.5. The molecule has 3 rings (SSSR count). The summed E-state index contributed by atoms with van der Waals surface area (Å²) < 4.78 is 7.00. The van der Waals surface area contributed by atoms with Gasteiger partial charge in [-0.2, -0.15) is 9.50 Å². The normalized spacial score (nSPS) is 12.2. The van der Waals surface area contributed by atoms with Crippen molar-refractivity contribution in [2.45, 2.75) is 40.2 Å². The molecule has 2 aromatic heterocycles. The van der Waals surface area contributed by atoms with Gasteiger partial charge in [0.05, 0.1) is 24.5 Å². The van der Waals surface area contributed by atoms with Gasteiger partial charge in [0.25, 0.3) is 11.3 Å². The molecule has 0 aliphatic heterocycles. The van der Waals surface area contributed by atoms with Gasteiger partial charge < -0.3 is 10.1 Å². The van der Waals surface area contributed by atoms with E-state index in [9.17, 15) is 4.79 Å². The summed E-state index contributed by atoms with van der Waals surface area (Å²) in [6.07, 6.45) is 7.46. The zero-order valence-corrected chi connectivity index (χ0v) is 18.3. The molecule has 7 nitrogen and oxygen atoms in total. The van der Waals surface area contributed by atoms with Gasteiger partial charge in [0, 0.05) is 11.6 Å². The number of fused-ring (bicyclic) bond motifs is 1. The quantitative estimate of drug-likeness (QED) is 0.366. The third-order valence-electron chi connectivity index (χ3n) is 4.88. The summed E-state index contributed by atoms with van der Waals surface area (Å²) >= 11 is 0. The Bertz CT molecular complexity index is 1170. The molecule has 0 bridgehead atoms. The van der Waals surface area contributed by atoms with Crippen LogP contribution in [0.2, 0.25) is 0 Å². The van der Waals surface area contributed by atoms with Crippen LogP contribution in [0.4, 0.5) is 5.69 Å². The molecule has 0 radical (unpaired) electrons. The molecule has 0 saturated heterocycles. The Labute approximate surface area is 182 Å². The van der Waals surface area contributed by atoms with E-state index in [1.165, 1.54) is 16.2 Å². The summed E-state index contributed by atoms with van der Waals surface area (Å²) in [5, 5.41) is 6.35. The molecule has 31 heavy (non-hydrogen) atoms. The maximum absolute atomic E-state index is 12.6. The van der Waals surface area contributed by atoms with Crippen molar-refractivity contribution in [1.29, 1.82) is 0 Å². The van der Waals surface area contributed by atoms with E-state index in [0.717, 1.165) is 23.4 Å². The Morgan fingerprint density at radius 3 is 2.84 bits per heavy atom. The first kappa shape index (κ1) is 22.1. The zero-order valence-electron chi connectivity index (χ0n) is 18.3. The minimum Gasteiger partial charge on any atom is -0.492 e. The Morgan fingerprint density at radius 1 is 1.29 bits per heavy atom. The molecule has 2 heterocycles. The van der Waals surface area contributed by atoms with Crippen LogP contribution < -0.4 is 15.6 Å². The standard InChI is InChI=1S/C24H29N5O2/c1-5-10-18(14-13-17(4)6-2)23-27-24-26-19(15-22(30)29(24)28-23)16-25-20-11-8-9-12-21(20)31-7-3/h5,8-13,15,25H,1,6-7,14,16H2,2-4H3,(H,26,27,28)/b17-13-,18-10+. The van der Waals surface area contributed by atoms with Crippen LogP contribution in [0.1, 0.15) is 45.1 Å². The van der Waals surface area contributed by atoms with Gasteiger partial charge in [0.2, 0.25) is 0 Å². The lowest BCUT2D eigenvalue weighted by Crippen LogP contribution is -2.17. The fourth-order valence-corrected chi connectivity index (χ4v) is 3.06. The summed E-state index contributed by atoms with van der Waals surface area (Å²) in [6, 6.07) is 9.19. The summed E-state index contributed by atoms with van der Waals surface area (Å²) in [4.78, 5) is 21.7. The van der Waals surface area contributed by atoms with Crippen LogP contribution in [0.5, 0.6) is 5.75 Å². The van der Waals surface area contributed by atoms with Gasteiger partial charge in [-0.15, -0.1) is 0 Å². The Hall–Kier alpha value is -3.61. The summed E-state index contributed by atoms with van der Waals surface area (Å²) in [7, 11) is 0. The van der Waals surface area contributed by atoms with Crippen LogP contribution in [0.25, 0.3) is 11.4 Å². The molecule has 1 aromatic carbocycles. The van der Waals surface area contributed by atoms with Gasteiger partial charge in [0.15, 0.2) is 5.82 Å². The fourth-order valence-electron chi connectivity index (χ4n) is 3.06. The highest BCUT2D eigenvalue weighted by molar-refractivity contribution is 5.64. The van der Waals surface area contributed by atoms with E-state index in [1.54, 1.807) is 6.08 Å². The average Bonchev–Trinajstić information content (AvgIpc) is 3.20. The maximum Gasteiger partial charge on any atom is 0.274 e. The number of ether oxygens (including phenoxy) is 1. The molecule has 2 N–H and O–H groups in total. The lowest BCUT2D eigenvalue weighted by Gasteiger charge is -2.11. The second kappa shape index (κ2) is 10.4. The van der Waals surface area contributed by atoms with Crippen LogP contribution in [0.15, 0.2) is 65.5 Å². The molecule has 0 aliphatic rings. The number of benzene rings is 1. The van der Waals surface area contributed by atoms with Gasteiger partial charge >= 0.3 is 0 Å². The fraction of sp³-hybridized carbons (Fsp3) is 0.292. The van der Waals surface area contributed by atoms with E-state index in [0.29, 0.717) is 36.9 Å². The highest BCUT2D eigenvalue weighted by Gasteiger charge is 2.11. The van der Waals surface area contributed by atoms with Crippen molar-refractivity contribution in [3.8, 4) is 5.75 Å². The van der Waals surface area contributed by atoms with E-state index in [-0.39, 0.29) is 5.56 Å². The summed E-state index contributed by atoms with van der Waals surface area (Å²) in [6.45, 7) is 10.9.